The molecule has 1 amide bonds. The summed E-state index contributed by atoms with van der Waals surface area (Å²) in [6.45, 7) is -0.484. The summed E-state index contributed by atoms with van der Waals surface area (Å²) >= 11 is 2.83. The summed E-state index contributed by atoms with van der Waals surface area (Å²) in [6, 6.07) is 9.11. The Morgan fingerprint density at radius 2 is 1.96 bits per heavy atom. The highest BCUT2D eigenvalue weighted by Gasteiger charge is 2.15. The largest absolute Gasteiger partial charge is 0.451 e. The van der Waals surface area contributed by atoms with E-state index in [0.717, 1.165) is 4.88 Å². The maximum atomic E-state index is 12.0. The third kappa shape index (κ3) is 4.29. The van der Waals surface area contributed by atoms with Gasteiger partial charge < -0.3 is 10.1 Å². The van der Waals surface area contributed by atoms with Gasteiger partial charge in [-0.2, -0.15) is 0 Å². The number of nitrogens with zero attached hydrogens (tertiary/aromatic N) is 2. The van der Waals surface area contributed by atoms with Crippen molar-refractivity contribution in [2.75, 3.05) is 11.9 Å². The molecule has 0 unspecified atom stereocenters. The average molecular weight is 389 g/mol. The lowest BCUT2D eigenvalue weighted by Gasteiger charge is -2.05. The van der Waals surface area contributed by atoms with E-state index in [-0.39, 0.29) is 11.4 Å². The molecule has 10 heteroatoms. The lowest BCUT2D eigenvalue weighted by atomic mass is 10.3. The van der Waals surface area contributed by atoms with Gasteiger partial charge in [-0.3, -0.25) is 14.9 Å². The number of aromatic nitrogens is 1. The van der Waals surface area contributed by atoms with E-state index < -0.39 is 23.4 Å². The van der Waals surface area contributed by atoms with Crippen LogP contribution in [0.3, 0.4) is 0 Å². The van der Waals surface area contributed by atoms with Crippen molar-refractivity contribution in [1.82, 2.24) is 4.98 Å². The molecule has 0 aliphatic rings. The number of nitro benzene ring substituents is 1. The van der Waals surface area contributed by atoms with Crippen molar-refractivity contribution in [2.24, 2.45) is 0 Å². The lowest BCUT2D eigenvalue weighted by molar-refractivity contribution is -0.384. The van der Waals surface area contributed by atoms with Crippen LogP contribution in [0.25, 0.3) is 9.88 Å². The van der Waals surface area contributed by atoms with Crippen LogP contribution in [0.2, 0.25) is 0 Å². The fourth-order valence-electron chi connectivity index (χ4n) is 1.95. The number of ether oxygens (including phenoxy) is 1. The molecule has 2 heterocycles. The summed E-state index contributed by atoms with van der Waals surface area (Å²) in [4.78, 5) is 39.0. The van der Waals surface area contributed by atoms with E-state index in [1.165, 1.54) is 46.9 Å². The van der Waals surface area contributed by atoms with E-state index >= 15 is 0 Å². The minimum Gasteiger partial charge on any atom is -0.451 e. The van der Waals surface area contributed by atoms with E-state index in [1.54, 1.807) is 5.38 Å². The van der Waals surface area contributed by atoms with Gasteiger partial charge in [-0.15, -0.1) is 22.7 Å². The number of nitrogens with one attached hydrogen (secondary N) is 1. The Labute approximate surface area is 155 Å². The molecule has 2 aromatic heterocycles. The Morgan fingerprint density at radius 1 is 1.19 bits per heavy atom. The molecule has 3 rings (SSSR count). The number of non-ortho nitro benzene ring substituents is 1. The second-order valence-corrected chi connectivity index (χ2v) is 6.75. The molecule has 0 saturated carbocycles. The van der Waals surface area contributed by atoms with Crippen LogP contribution >= 0.6 is 22.7 Å². The number of nitro groups is 1. The first-order chi connectivity index (χ1) is 12.5. The van der Waals surface area contributed by atoms with Crippen molar-refractivity contribution in [2.45, 2.75) is 0 Å². The Balaban J connectivity index is 1.52. The Morgan fingerprint density at radius 3 is 2.62 bits per heavy atom. The number of benzene rings is 1. The second-order valence-electron chi connectivity index (χ2n) is 4.94. The highest BCUT2D eigenvalue weighted by Crippen LogP contribution is 2.27. The number of anilines is 1. The van der Waals surface area contributed by atoms with Gasteiger partial charge in [0.25, 0.3) is 11.6 Å². The van der Waals surface area contributed by atoms with Gasteiger partial charge in [0.15, 0.2) is 12.3 Å². The van der Waals surface area contributed by atoms with E-state index in [0.29, 0.717) is 10.7 Å². The highest BCUT2D eigenvalue weighted by molar-refractivity contribution is 7.20. The number of hydrogen-bond acceptors (Lipinski definition) is 8. The molecule has 0 radical (unpaired) electrons. The standard InChI is InChI=1S/C16H11N3O5S2/c20-14(17-10-3-5-11(6-4-10)19(22)23)8-24-16(21)12-9-26-15(18-12)13-2-1-7-25-13/h1-7,9H,8H2,(H,17,20). The van der Waals surface area contributed by atoms with Crippen LogP contribution in [0.4, 0.5) is 11.4 Å². The molecule has 1 aromatic carbocycles. The number of esters is 1. The van der Waals surface area contributed by atoms with Crippen LogP contribution in [0.15, 0.2) is 47.2 Å². The highest BCUT2D eigenvalue weighted by atomic mass is 32.1. The molecular formula is C16H11N3O5S2. The van der Waals surface area contributed by atoms with E-state index in [9.17, 15) is 19.7 Å². The summed E-state index contributed by atoms with van der Waals surface area (Å²) in [5, 5.41) is 17.3. The van der Waals surface area contributed by atoms with Gasteiger partial charge >= 0.3 is 5.97 Å². The Hall–Kier alpha value is -3.11. The number of thiophene rings is 1. The van der Waals surface area contributed by atoms with Gasteiger partial charge in [0.1, 0.15) is 5.01 Å². The van der Waals surface area contributed by atoms with Gasteiger partial charge in [0, 0.05) is 23.2 Å². The van der Waals surface area contributed by atoms with Crippen LogP contribution in [-0.4, -0.2) is 28.4 Å². The molecule has 3 aromatic rings. The summed E-state index contributed by atoms with van der Waals surface area (Å²) in [6.07, 6.45) is 0. The normalized spacial score (nSPS) is 10.3. The maximum Gasteiger partial charge on any atom is 0.358 e. The molecule has 1 N–H and O–H groups in total. The van der Waals surface area contributed by atoms with Crippen molar-refractivity contribution in [3.8, 4) is 9.88 Å². The molecular weight excluding hydrogens is 378 g/mol. The molecule has 8 nitrogen and oxygen atoms in total. The predicted molar refractivity (Wildman–Crippen MR) is 97.4 cm³/mol. The zero-order valence-electron chi connectivity index (χ0n) is 13.1. The smallest absolute Gasteiger partial charge is 0.358 e. The second kappa shape index (κ2) is 7.85. The van der Waals surface area contributed by atoms with Crippen molar-refractivity contribution in [3.05, 3.63) is 63.0 Å². The summed E-state index contributed by atoms with van der Waals surface area (Å²) < 4.78 is 4.94. The van der Waals surface area contributed by atoms with Crippen LogP contribution in [0.5, 0.6) is 0 Å². The Kier molecular flexibility index (Phi) is 5.34. The van der Waals surface area contributed by atoms with Gasteiger partial charge in [-0.05, 0) is 23.6 Å². The first-order valence-corrected chi connectivity index (χ1v) is 8.99. The summed E-state index contributed by atoms with van der Waals surface area (Å²) in [5.74, 6) is -1.25. The molecule has 0 atom stereocenters. The predicted octanol–water partition coefficient (Wildman–Crippen LogP) is 3.58. The molecule has 26 heavy (non-hydrogen) atoms. The molecule has 0 aliphatic heterocycles. The zero-order valence-corrected chi connectivity index (χ0v) is 14.7. The molecule has 0 aliphatic carbocycles. The minimum atomic E-state index is -0.692. The van der Waals surface area contributed by atoms with Crippen LogP contribution < -0.4 is 5.32 Å². The van der Waals surface area contributed by atoms with Crippen LogP contribution in [-0.2, 0) is 9.53 Å². The fourth-order valence-corrected chi connectivity index (χ4v) is 3.55. The molecule has 0 fully saturated rings. The van der Waals surface area contributed by atoms with Crippen molar-refractivity contribution < 1.29 is 19.2 Å². The first-order valence-electron chi connectivity index (χ1n) is 7.24. The van der Waals surface area contributed by atoms with Gasteiger partial charge in [0.2, 0.25) is 0 Å². The van der Waals surface area contributed by atoms with Crippen molar-refractivity contribution >= 4 is 45.9 Å². The van der Waals surface area contributed by atoms with Gasteiger partial charge in [0.05, 0.1) is 9.80 Å². The zero-order chi connectivity index (χ0) is 18.5. The summed E-state index contributed by atoms with van der Waals surface area (Å²) in [5.41, 5.74) is 0.423. The third-order valence-corrected chi connectivity index (χ3v) is 5.02. The van der Waals surface area contributed by atoms with Crippen LogP contribution in [0, 0.1) is 10.1 Å². The van der Waals surface area contributed by atoms with Gasteiger partial charge in [-0.1, -0.05) is 6.07 Å². The number of carbonyl (C=O) groups is 2. The molecule has 132 valence electrons. The molecule has 0 spiro atoms. The fraction of sp³-hybridized carbons (Fsp3) is 0.0625. The molecule has 0 bridgehead atoms. The third-order valence-electron chi connectivity index (χ3n) is 3.14. The first kappa shape index (κ1) is 17.7. The maximum absolute atomic E-state index is 12.0. The Bertz CT molecular complexity index is 935. The number of amides is 1. The summed E-state index contributed by atoms with van der Waals surface area (Å²) in [7, 11) is 0. The number of rotatable bonds is 6. The topological polar surface area (TPSA) is 111 Å². The van der Waals surface area contributed by atoms with Crippen molar-refractivity contribution in [3.63, 3.8) is 0 Å². The van der Waals surface area contributed by atoms with Gasteiger partial charge in [-0.25, -0.2) is 9.78 Å². The average Bonchev–Trinajstić information content (AvgIpc) is 3.31. The number of carbonyl (C=O) groups excluding carboxylic acids is 2. The van der Waals surface area contributed by atoms with Crippen molar-refractivity contribution in [1.29, 1.82) is 0 Å². The monoisotopic (exact) mass is 389 g/mol. The molecule has 0 saturated heterocycles. The van der Waals surface area contributed by atoms with E-state index in [1.807, 2.05) is 17.5 Å². The van der Waals surface area contributed by atoms with E-state index in [4.69, 9.17) is 4.74 Å². The van der Waals surface area contributed by atoms with E-state index in [2.05, 4.69) is 10.3 Å². The van der Waals surface area contributed by atoms with Crippen LogP contribution in [0.1, 0.15) is 10.5 Å². The quantitative estimate of drug-likeness (QED) is 0.392. The minimum absolute atomic E-state index is 0.0838. The number of thiazole rings is 1. The number of hydrogen-bond donors (Lipinski definition) is 1. The SMILES string of the molecule is O=C(COC(=O)c1csc(-c2cccs2)n1)Nc1ccc([N+](=O)[O-])cc1. The lowest BCUT2D eigenvalue weighted by Crippen LogP contribution is -2.21.